The molecule has 0 aliphatic rings. The van der Waals surface area contributed by atoms with E-state index >= 15 is 0 Å². The second-order valence-corrected chi connectivity index (χ2v) is 5.73. The summed E-state index contributed by atoms with van der Waals surface area (Å²) in [4.78, 5) is 18.3. The predicted molar refractivity (Wildman–Crippen MR) is 58.2 cm³/mol. The molecule has 1 aromatic heterocycles. The fourth-order valence-electron chi connectivity index (χ4n) is 0.987. The zero-order chi connectivity index (χ0) is 12.5. The lowest BCUT2D eigenvalue weighted by Gasteiger charge is -2.09. The number of aromatic nitrogens is 2. The molecule has 1 aromatic rings. The molecule has 7 nitrogen and oxygen atoms in total. The molecule has 1 heterocycles. The third-order valence-electron chi connectivity index (χ3n) is 2.11. The van der Waals surface area contributed by atoms with Crippen LogP contribution in [-0.4, -0.2) is 30.5 Å². The first-order valence-corrected chi connectivity index (χ1v) is 6.30. The number of nitrogens with zero attached hydrogens (tertiary/aromatic N) is 2. The van der Waals surface area contributed by atoms with Crippen molar-refractivity contribution >= 4 is 21.6 Å². The smallest absolute Gasteiger partial charge is 0.254 e. The van der Waals surface area contributed by atoms with E-state index in [4.69, 9.17) is 11.5 Å². The zero-order valence-electron chi connectivity index (χ0n) is 8.84. The molecule has 1 atom stereocenters. The van der Waals surface area contributed by atoms with Crippen LogP contribution in [0.25, 0.3) is 0 Å². The lowest BCUT2D eigenvalue weighted by atomic mass is 10.3. The van der Waals surface area contributed by atoms with Gasteiger partial charge in [-0.25, -0.2) is 18.4 Å². The Labute approximate surface area is 92.8 Å². The van der Waals surface area contributed by atoms with Crippen LogP contribution in [0.15, 0.2) is 6.20 Å². The van der Waals surface area contributed by atoms with Crippen LogP contribution in [0.5, 0.6) is 0 Å². The summed E-state index contributed by atoms with van der Waals surface area (Å²) in [7, 11) is -3.30. The monoisotopic (exact) mass is 244 g/mol. The van der Waals surface area contributed by atoms with Gasteiger partial charge in [0.2, 0.25) is 0 Å². The van der Waals surface area contributed by atoms with Crippen LogP contribution >= 0.6 is 0 Å². The van der Waals surface area contributed by atoms with E-state index in [1.54, 1.807) is 0 Å². The van der Waals surface area contributed by atoms with E-state index in [1.807, 2.05) is 0 Å². The second-order valence-electron chi connectivity index (χ2n) is 3.36. The van der Waals surface area contributed by atoms with Crippen molar-refractivity contribution in [2.75, 3.05) is 12.0 Å². The largest absolute Gasteiger partial charge is 0.383 e. The molecule has 0 saturated carbocycles. The Morgan fingerprint density at radius 3 is 2.44 bits per heavy atom. The Bertz CT molecular complexity index is 526. The molecule has 88 valence electrons. The van der Waals surface area contributed by atoms with E-state index in [1.165, 1.54) is 6.92 Å². The van der Waals surface area contributed by atoms with E-state index in [0.29, 0.717) is 0 Å². The molecule has 0 aromatic carbocycles. The SMILES string of the molecule is CC(c1ncc(C(N)=O)c(N)n1)S(C)(=O)=O. The van der Waals surface area contributed by atoms with Crippen LogP contribution in [0, 0.1) is 0 Å². The molecule has 0 aliphatic heterocycles. The predicted octanol–water partition coefficient (Wildman–Crippen LogP) is -0.737. The van der Waals surface area contributed by atoms with Gasteiger partial charge in [-0.15, -0.1) is 0 Å². The van der Waals surface area contributed by atoms with Gasteiger partial charge in [0, 0.05) is 12.5 Å². The quantitative estimate of drug-likeness (QED) is 0.720. The fourth-order valence-corrected chi connectivity index (χ4v) is 1.48. The van der Waals surface area contributed by atoms with Crippen molar-refractivity contribution in [2.45, 2.75) is 12.2 Å². The minimum Gasteiger partial charge on any atom is -0.383 e. The van der Waals surface area contributed by atoms with Crippen molar-refractivity contribution < 1.29 is 13.2 Å². The maximum atomic E-state index is 11.2. The first kappa shape index (κ1) is 12.4. The molecule has 1 unspecified atom stereocenters. The number of primary amides is 1. The van der Waals surface area contributed by atoms with E-state index in [2.05, 4.69) is 9.97 Å². The topological polar surface area (TPSA) is 129 Å². The zero-order valence-corrected chi connectivity index (χ0v) is 9.65. The lowest BCUT2D eigenvalue weighted by molar-refractivity contribution is 0.100. The maximum Gasteiger partial charge on any atom is 0.254 e. The first-order valence-electron chi connectivity index (χ1n) is 4.34. The second kappa shape index (κ2) is 4.05. The van der Waals surface area contributed by atoms with Crippen LogP contribution in [0.3, 0.4) is 0 Å². The van der Waals surface area contributed by atoms with Gasteiger partial charge in [0.25, 0.3) is 5.91 Å². The summed E-state index contributed by atoms with van der Waals surface area (Å²) in [5.74, 6) is -0.825. The van der Waals surface area contributed by atoms with Gasteiger partial charge >= 0.3 is 0 Å². The number of carbonyl (C=O) groups is 1. The van der Waals surface area contributed by atoms with Gasteiger partial charge in [-0.05, 0) is 6.92 Å². The third kappa shape index (κ3) is 2.45. The Morgan fingerprint density at radius 1 is 1.50 bits per heavy atom. The molecule has 0 radical (unpaired) electrons. The summed E-state index contributed by atoms with van der Waals surface area (Å²) in [5.41, 5.74) is 10.4. The minimum absolute atomic E-state index is 0.0237. The van der Waals surface area contributed by atoms with Crippen molar-refractivity contribution in [1.29, 1.82) is 0 Å². The molecule has 0 aliphatic carbocycles. The van der Waals surface area contributed by atoms with Gasteiger partial charge in [0.05, 0.1) is 5.56 Å². The summed E-state index contributed by atoms with van der Waals surface area (Å²) < 4.78 is 22.5. The van der Waals surface area contributed by atoms with Crippen LogP contribution < -0.4 is 11.5 Å². The first-order chi connectivity index (χ1) is 7.23. The van der Waals surface area contributed by atoms with Gasteiger partial charge in [-0.2, -0.15) is 0 Å². The van der Waals surface area contributed by atoms with E-state index in [0.717, 1.165) is 12.5 Å². The Balaban J connectivity index is 3.21. The maximum absolute atomic E-state index is 11.2. The Hall–Kier alpha value is -1.70. The van der Waals surface area contributed by atoms with E-state index < -0.39 is 21.0 Å². The number of anilines is 1. The van der Waals surface area contributed by atoms with Crippen LogP contribution in [0.2, 0.25) is 0 Å². The molecule has 16 heavy (non-hydrogen) atoms. The van der Waals surface area contributed by atoms with E-state index in [-0.39, 0.29) is 17.2 Å². The molecule has 0 fully saturated rings. The summed E-state index contributed by atoms with van der Waals surface area (Å²) in [6, 6.07) is 0. The average molecular weight is 244 g/mol. The van der Waals surface area contributed by atoms with Gasteiger partial charge in [0.15, 0.2) is 9.84 Å². The summed E-state index contributed by atoms with van der Waals surface area (Å²) in [5, 5.41) is -0.878. The number of carbonyl (C=O) groups excluding carboxylic acids is 1. The minimum atomic E-state index is -3.30. The number of nitrogen functional groups attached to an aromatic ring is 1. The van der Waals surface area contributed by atoms with Gasteiger partial charge < -0.3 is 11.5 Å². The molecule has 0 saturated heterocycles. The summed E-state index contributed by atoms with van der Waals surface area (Å²) >= 11 is 0. The molecule has 0 bridgehead atoms. The fraction of sp³-hybridized carbons (Fsp3) is 0.375. The molecular formula is C8H12N4O3S. The summed E-state index contributed by atoms with van der Waals surface area (Å²) in [6.45, 7) is 1.44. The van der Waals surface area contributed by atoms with Crippen molar-refractivity contribution in [1.82, 2.24) is 9.97 Å². The molecule has 1 rings (SSSR count). The highest BCUT2D eigenvalue weighted by atomic mass is 32.2. The Kier molecular flexibility index (Phi) is 3.13. The van der Waals surface area contributed by atoms with Crippen LogP contribution in [0.1, 0.15) is 28.4 Å². The van der Waals surface area contributed by atoms with E-state index in [9.17, 15) is 13.2 Å². The normalized spacial score (nSPS) is 13.4. The number of sulfone groups is 1. The van der Waals surface area contributed by atoms with Crippen molar-refractivity contribution in [3.8, 4) is 0 Å². The number of hydrogen-bond acceptors (Lipinski definition) is 6. The standard InChI is InChI=1S/C8H12N4O3S/c1-4(16(2,14)15)8-11-3-5(7(10)13)6(9)12-8/h3-4H,1-2H3,(H2,10,13)(H2,9,11,12). The number of amides is 1. The van der Waals surface area contributed by atoms with Crippen molar-refractivity contribution in [2.24, 2.45) is 5.73 Å². The number of nitrogens with two attached hydrogens (primary N) is 2. The molecule has 0 spiro atoms. The highest BCUT2D eigenvalue weighted by Crippen LogP contribution is 2.18. The van der Waals surface area contributed by atoms with Gasteiger partial charge in [-0.1, -0.05) is 0 Å². The number of rotatable bonds is 3. The third-order valence-corrected chi connectivity index (χ3v) is 3.60. The highest BCUT2D eigenvalue weighted by Gasteiger charge is 2.21. The Morgan fingerprint density at radius 2 is 2.06 bits per heavy atom. The molecule has 8 heteroatoms. The van der Waals surface area contributed by atoms with Gasteiger partial charge in [0.1, 0.15) is 16.9 Å². The van der Waals surface area contributed by atoms with Crippen molar-refractivity contribution in [3.63, 3.8) is 0 Å². The van der Waals surface area contributed by atoms with Crippen LogP contribution in [0.4, 0.5) is 5.82 Å². The molecule has 4 N–H and O–H groups in total. The lowest BCUT2D eigenvalue weighted by Crippen LogP contribution is -2.18. The van der Waals surface area contributed by atoms with Gasteiger partial charge in [-0.3, -0.25) is 4.79 Å². The highest BCUT2D eigenvalue weighted by molar-refractivity contribution is 7.90. The molecule has 1 amide bonds. The summed E-state index contributed by atoms with van der Waals surface area (Å²) in [6.07, 6.45) is 2.20. The number of hydrogen-bond donors (Lipinski definition) is 2. The average Bonchev–Trinajstić information content (AvgIpc) is 2.14. The molecular weight excluding hydrogens is 232 g/mol. The van der Waals surface area contributed by atoms with Crippen molar-refractivity contribution in [3.05, 3.63) is 17.6 Å². The van der Waals surface area contributed by atoms with Crippen LogP contribution in [-0.2, 0) is 9.84 Å².